The van der Waals surface area contributed by atoms with Crippen molar-refractivity contribution in [3.05, 3.63) is 78.4 Å². The fraction of sp³-hybridized carbons (Fsp3) is 0.150. The van der Waals surface area contributed by atoms with Gasteiger partial charge in [-0.3, -0.25) is 14.8 Å². The number of nitrogens with zero attached hydrogens (tertiary/aromatic N) is 2. The molecule has 1 aromatic carbocycles. The molecule has 6 heteroatoms. The summed E-state index contributed by atoms with van der Waals surface area (Å²) < 4.78 is 17.1. The molecular formula is C20H16N2O4. The van der Waals surface area contributed by atoms with Crippen molar-refractivity contribution in [2.45, 2.75) is 12.7 Å². The first-order valence-electron chi connectivity index (χ1n) is 8.20. The number of Topliss-reactive ketones (excluding diaryl/α,β-unsaturated/α-hetero) is 1. The molecule has 0 saturated heterocycles. The van der Waals surface area contributed by atoms with E-state index in [1.54, 1.807) is 48.9 Å². The maximum atomic E-state index is 12.8. The standard InChI is InChI=1S/C20H16N2O4/c23-20-17-10-15(24-12-14-4-1-2-9-22-14)6-7-18(17)25-13-19(20)26-16-5-3-8-21-11-16/h1-11,19H,12-13H2. The van der Waals surface area contributed by atoms with Crippen molar-refractivity contribution >= 4 is 5.78 Å². The number of benzene rings is 1. The normalized spacial score (nSPS) is 15.7. The van der Waals surface area contributed by atoms with Crippen LogP contribution in [0, 0.1) is 0 Å². The molecule has 3 aromatic rings. The Bertz CT molecular complexity index is 900. The van der Waals surface area contributed by atoms with Crippen molar-refractivity contribution in [3.8, 4) is 17.2 Å². The lowest BCUT2D eigenvalue weighted by Gasteiger charge is -2.25. The number of rotatable bonds is 5. The summed E-state index contributed by atoms with van der Waals surface area (Å²) in [5.41, 5.74) is 1.26. The van der Waals surface area contributed by atoms with E-state index in [0.29, 0.717) is 29.4 Å². The molecule has 0 fully saturated rings. The van der Waals surface area contributed by atoms with Crippen LogP contribution >= 0.6 is 0 Å². The molecule has 0 radical (unpaired) electrons. The predicted molar refractivity (Wildman–Crippen MR) is 93.5 cm³/mol. The number of hydrogen-bond acceptors (Lipinski definition) is 6. The smallest absolute Gasteiger partial charge is 0.210 e. The van der Waals surface area contributed by atoms with Gasteiger partial charge in [-0.25, -0.2) is 0 Å². The first-order chi connectivity index (χ1) is 12.8. The van der Waals surface area contributed by atoms with Crippen LogP contribution in [0.5, 0.6) is 17.2 Å². The Morgan fingerprint density at radius 2 is 2.04 bits per heavy atom. The van der Waals surface area contributed by atoms with Crippen molar-refractivity contribution in [1.29, 1.82) is 0 Å². The summed E-state index contributed by atoms with van der Waals surface area (Å²) in [7, 11) is 0. The van der Waals surface area contributed by atoms with Gasteiger partial charge in [-0.1, -0.05) is 6.07 Å². The molecule has 4 rings (SSSR count). The topological polar surface area (TPSA) is 70.5 Å². The lowest BCUT2D eigenvalue weighted by atomic mass is 10.0. The number of aromatic nitrogens is 2. The van der Waals surface area contributed by atoms with E-state index in [0.717, 1.165) is 5.69 Å². The first kappa shape index (κ1) is 16.1. The van der Waals surface area contributed by atoms with Crippen LogP contribution in [0.2, 0.25) is 0 Å². The van der Waals surface area contributed by atoms with Crippen LogP contribution < -0.4 is 14.2 Å². The highest BCUT2D eigenvalue weighted by molar-refractivity contribution is 6.03. The Balaban J connectivity index is 1.49. The van der Waals surface area contributed by atoms with Gasteiger partial charge in [-0.15, -0.1) is 0 Å². The minimum Gasteiger partial charge on any atom is -0.488 e. The summed E-state index contributed by atoms with van der Waals surface area (Å²) in [4.78, 5) is 21.0. The van der Waals surface area contributed by atoms with Gasteiger partial charge in [-0.2, -0.15) is 0 Å². The molecule has 1 aliphatic rings. The molecule has 1 aliphatic heterocycles. The zero-order valence-electron chi connectivity index (χ0n) is 13.9. The molecule has 0 bridgehead atoms. The maximum Gasteiger partial charge on any atom is 0.210 e. The van der Waals surface area contributed by atoms with Crippen LogP contribution in [-0.2, 0) is 6.61 Å². The fourth-order valence-corrected chi connectivity index (χ4v) is 2.64. The Kier molecular flexibility index (Phi) is 4.47. The van der Waals surface area contributed by atoms with Crippen molar-refractivity contribution in [2.75, 3.05) is 6.61 Å². The third-order valence-corrected chi connectivity index (χ3v) is 3.92. The lowest BCUT2D eigenvalue weighted by molar-refractivity contribution is 0.0626. The lowest BCUT2D eigenvalue weighted by Crippen LogP contribution is -2.37. The van der Waals surface area contributed by atoms with E-state index in [4.69, 9.17) is 14.2 Å². The SMILES string of the molecule is O=C1c2cc(OCc3ccccn3)ccc2OCC1Oc1cccnc1. The second-order valence-corrected chi connectivity index (χ2v) is 5.74. The summed E-state index contributed by atoms with van der Waals surface area (Å²) in [5, 5.41) is 0. The van der Waals surface area contributed by atoms with Gasteiger partial charge in [-0.05, 0) is 42.5 Å². The monoisotopic (exact) mass is 348 g/mol. The third-order valence-electron chi connectivity index (χ3n) is 3.92. The summed E-state index contributed by atoms with van der Waals surface area (Å²) in [6.45, 7) is 0.485. The zero-order chi connectivity index (χ0) is 17.8. The number of carbonyl (C=O) groups is 1. The average Bonchev–Trinajstić information content (AvgIpc) is 2.70. The molecule has 0 amide bonds. The second kappa shape index (κ2) is 7.23. The van der Waals surface area contributed by atoms with Crippen LogP contribution in [0.4, 0.5) is 0 Å². The number of fused-ring (bicyclic) bond motifs is 1. The van der Waals surface area contributed by atoms with Gasteiger partial charge in [0.2, 0.25) is 5.78 Å². The highest BCUT2D eigenvalue weighted by Gasteiger charge is 2.31. The minimum absolute atomic E-state index is 0.140. The molecule has 2 aromatic heterocycles. The highest BCUT2D eigenvalue weighted by atomic mass is 16.5. The summed E-state index contributed by atoms with van der Waals surface area (Å²) in [6, 6.07) is 14.3. The van der Waals surface area contributed by atoms with Crippen molar-refractivity contribution in [1.82, 2.24) is 9.97 Å². The van der Waals surface area contributed by atoms with Crippen LogP contribution in [-0.4, -0.2) is 28.5 Å². The van der Waals surface area contributed by atoms with Crippen molar-refractivity contribution in [3.63, 3.8) is 0 Å². The average molecular weight is 348 g/mol. The van der Waals surface area contributed by atoms with Crippen molar-refractivity contribution < 1.29 is 19.0 Å². The van der Waals surface area contributed by atoms with Gasteiger partial charge in [0.1, 0.15) is 30.5 Å². The Morgan fingerprint density at radius 1 is 1.08 bits per heavy atom. The van der Waals surface area contributed by atoms with Gasteiger partial charge < -0.3 is 14.2 Å². The largest absolute Gasteiger partial charge is 0.488 e. The molecule has 1 unspecified atom stereocenters. The van der Waals surface area contributed by atoms with Gasteiger partial charge >= 0.3 is 0 Å². The van der Waals surface area contributed by atoms with E-state index in [1.807, 2.05) is 18.2 Å². The van der Waals surface area contributed by atoms with Crippen LogP contribution in [0.15, 0.2) is 67.1 Å². The van der Waals surface area contributed by atoms with E-state index < -0.39 is 6.10 Å². The maximum absolute atomic E-state index is 12.8. The Morgan fingerprint density at radius 3 is 2.85 bits per heavy atom. The second-order valence-electron chi connectivity index (χ2n) is 5.74. The number of carbonyl (C=O) groups excluding carboxylic acids is 1. The molecule has 1 atom stereocenters. The number of ketones is 1. The molecule has 0 saturated carbocycles. The van der Waals surface area contributed by atoms with E-state index in [2.05, 4.69) is 9.97 Å². The molecule has 0 aliphatic carbocycles. The van der Waals surface area contributed by atoms with Crippen LogP contribution in [0.25, 0.3) is 0 Å². The molecule has 3 heterocycles. The summed E-state index contributed by atoms with van der Waals surface area (Å²) in [6.07, 6.45) is 4.21. The zero-order valence-corrected chi connectivity index (χ0v) is 13.9. The molecule has 6 nitrogen and oxygen atoms in total. The quantitative estimate of drug-likeness (QED) is 0.706. The van der Waals surface area contributed by atoms with Gasteiger partial charge in [0.05, 0.1) is 17.5 Å². The highest BCUT2D eigenvalue weighted by Crippen LogP contribution is 2.30. The summed E-state index contributed by atoms with van der Waals surface area (Å²) >= 11 is 0. The number of hydrogen-bond donors (Lipinski definition) is 0. The minimum atomic E-state index is -0.710. The molecule has 0 N–H and O–H groups in total. The van der Waals surface area contributed by atoms with E-state index in [1.165, 1.54) is 0 Å². The van der Waals surface area contributed by atoms with Gasteiger partial charge in [0.25, 0.3) is 0 Å². The third kappa shape index (κ3) is 3.49. The predicted octanol–water partition coefficient (Wildman–Crippen LogP) is 3.08. The Hall–Kier alpha value is -3.41. The van der Waals surface area contributed by atoms with Gasteiger partial charge in [0, 0.05) is 12.4 Å². The van der Waals surface area contributed by atoms with Crippen LogP contribution in [0.1, 0.15) is 16.1 Å². The molecule has 26 heavy (non-hydrogen) atoms. The van der Waals surface area contributed by atoms with E-state index in [-0.39, 0.29) is 12.4 Å². The number of ether oxygens (including phenoxy) is 3. The van der Waals surface area contributed by atoms with E-state index >= 15 is 0 Å². The fourth-order valence-electron chi connectivity index (χ4n) is 2.64. The molecular weight excluding hydrogens is 332 g/mol. The van der Waals surface area contributed by atoms with Crippen molar-refractivity contribution in [2.24, 2.45) is 0 Å². The summed E-state index contributed by atoms with van der Waals surface area (Å²) in [5.74, 6) is 1.50. The first-order valence-corrected chi connectivity index (χ1v) is 8.20. The Labute approximate surface area is 150 Å². The molecule has 0 spiro atoms. The molecule has 130 valence electrons. The van der Waals surface area contributed by atoms with Gasteiger partial charge in [0.15, 0.2) is 6.10 Å². The number of pyridine rings is 2. The van der Waals surface area contributed by atoms with E-state index in [9.17, 15) is 4.79 Å². The van der Waals surface area contributed by atoms with Crippen LogP contribution in [0.3, 0.4) is 0 Å².